The molecule has 0 fully saturated rings. The number of methoxy groups -OCH3 is 3. The van der Waals surface area contributed by atoms with Gasteiger partial charge in [0.1, 0.15) is 5.76 Å². The molecule has 0 aliphatic heterocycles. The summed E-state index contributed by atoms with van der Waals surface area (Å²) in [6.07, 6.45) is 1.62. The second-order valence-corrected chi connectivity index (χ2v) is 5.62. The van der Waals surface area contributed by atoms with Crippen molar-refractivity contribution < 1.29 is 23.4 Å². The highest BCUT2D eigenvalue weighted by Crippen LogP contribution is 2.38. The summed E-state index contributed by atoms with van der Waals surface area (Å²) in [6.45, 7) is 0.399. The number of nitrogens with one attached hydrogen (secondary N) is 1. The van der Waals surface area contributed by atoms with Gasteiger partial charge in [0.25, 0.3) is 5.91 Å². The van der Waals surface area contributed by atoms with E-state index in [0.717, 1.165) is 5.76 Å². The molecule has 144 valence electrons. The van der Waals surface area contributed by atoms with Crippen molar-refractivity contribution in [2.75, 3.05) is 42.0 Å². The highest BCUT2D eigenvalue weighted by atomic mass is 35.5. The van der Waals surface area contributed by atoms with Crippen LogP contribution in [0.1, 0.15) is 22.2 Å². The van der Waals surface area contributed by atoms with E-state index in [1.165, 1.54) is 21.3 Å². The number of furan rings is 1. The zero-order chi connectivity index (χ0) is 18.4. The highest BCUT2D eigenvalue weighted by molar-refractivity contribution is 5.95. The van der Waals surface area contributed by atoms with Gasteiger partial charge in [0.2, 0.25) is 5.75 Å². The number of carbonyl (C=O) groups excluding carboxylic acids is 1. The van der Waals surface area contributed by atoms with Crippen molar-refractivity contribution in [2.45, 2.75) is 6.04 Å². The molecule has 2 rings (SSSR count). The van der Waals surface area contributed by atoms with E-state index in [2.05, 4.69) is 5.32 Å². The highest BCUT2D eigenvalue weighted by Gasteiger charge is 2.20. The van der Waals surface area contributed by atoms with Gasteiger partial charge >= 0.3 is 0 Å². The lowest BCUT2D eigenvalue weighted by Gasteiger charge is -2.22. The van der Waals surface area contributed by atoms with Gasteiger partial charge in [-0.15, -0.1) is 12.4 Å². The van der Waals surface area contributed by atoms with E-state index >= 15 is 0 Å². The fourth-order valence-corrected chi connectivity index (χ4v) is 2.52. The predicted octanol–water partition coefficient (Wildman–Crippen LogP) is 2.76. The Morgan fingerprint density at radius 1 is 1.15 bits per heavy atom. The largest absolute Gasteiger partial charge is 0.493 e. The summed E-state index contributed by atoms with van der Waals surface area (Å²) >= 11 is 0. The van der Waals surface area contributed by atoms with E-state index < -0.39 is 0 Å². The number of hydrogen-bond donors (Lipinski definition) is 1. The van der Waals surface area contributed by atoms with Crippen LogP contribution in [-0.2, 0) is 0 Å². The molecule has 0 saturated carbocycles. The molecule has 0 bridgehead atoms. The second kappa shape index (κ2) is 9.94. The normalized spacial score (nSPS) is 11.5. The molecule has 1 aromatic heterocycles. The lowest BCUT2D eigenvalue weighted by Crippen LogP contribution is -2.34. The summed E-state index contributed by atoms with van der Waals surface area (Å²) in [4.78, 5) is 14.5. The van der Waals surface area contributed by atoms with Crippen molar-refractivity contribution in [3.63, 3.8) is 0 Å². The zero-order valence-electron chi connectivity index (χ0n) is 15.6. The minimum Gasteiger partial charge on any atom is -0.493 e. The predicted molar refractivity (Wildman–Crippen MR) is 101 cm³/mol. The molecule has 0 aliphatic rings. The maximum absolute atomic E-state index is 12.6. The summed E-state index contributed by atoms with van der Waals surface area (Å²) in [6, 6.07) is 6.88. The first-order chi connectivity index (χ1) is 12.0. The number of carbonyl (C=O) groups is 1. The van der Waals surface area contributed by atoms with Gasteiger partial charge in [-0.3, -0.25) is 9.69 Å². The van der Waals surface area contributed by atoms with Crippen molar-refractivity contribution in [3.8, 4) is 17.2 Å². The second-order valence-electron chi connectivity index (χ2n) is 5.62. The maximum atomic E-state index is 12.6. The summed E-state index contributed by atoms with van der Waals surface area (Å²) in [5.74, 6) is 1.86. The Kier molecular flexibility index (Phi) is 8.28. The van der Waals surface area contributed by atoms with Gasteiger partial charge < -0.3 is 23.9 Å². The lowest BCUT2D eigenvalue weighted by atomic mass is 10.1. The zero-order valence-corrected chi connectivity index (χ0v) is 16.4. The number of ether oxygens (including phenoxy) is 3. The quantitative estimate of drug-likeness (QED) is 0.754. The number of halogens is 1. The van der Waals surface area contributed by atoms with Gasteiger partial charge in [-0.1, -0.05) is 0 Å². The van der Waals surface area contributed by atoms with Crippen molar-refractivity contribution in [2.24, 2.45) is 0 Å². The molecular weight excluding hydrogens is 360 g/mol. The lowest BCUT2D eigenvalue weighted by molar-refractivity contribution is 0.0938. The Morgan fingerprint density at radius 3 is 2.19 bits per heavy atom. The SMILES string of the molecule is COc1cc(C(=O)NCC(c2ccco2)N(C)C)cc(OC)c1OC.Cl. The van der Waals surface area contributed by atoms with Gasteiger partial charge in [0.05, 0.1) is 33.6 Å². The van der Waals surface area contributed by atoms with Crippen LogP contribution in [0.3, 0.4) is 0 Å². The Labute approximate surface area is 159 Å². The molecule has 1 aromatic carbocycles. The Hall–Kier alpha value is -2.38. The Balaban J connectivity index is 0.00000338. The van der Waals surface area contributed by atoms with Crippen LogP contribution < -0.4 is 19.5 Å². The molecule has 1 unspecified atom stereocenters. The van der Waals surface area contributed by atoms with Crippen LogP contribution in [0.2, 0.25) is 0 Å². The fraction of sp³-hybridized carbons (Fsp3) is 0.389. The summed E-state index contributed by atoms with van der Waals surface area (Å²) in [5, 5.41) is 2.92. The maximum Gasteiger partial charge on any atom is 0.251 e. The number of amides is 1. The van der Waals surface area contributed by atoms with E-state index in [0.29, 0.717) is 29.4 Å². The number of likely N-dealkylation sites (N-methyl/N-ethyl adjacent to an activating group) is 1. The van der Waals surface area contributed by atoms with Crippen LogP contribution in [0.15, 0.2) is 34.9 Å². The molecule has 7 nitrogen and oxygen atoms in total. The average molecular weight is 385 g/mol. The Bertz CT molecular complexity index is 679. The molecular formula is C18H25ClN2O5. The number of hydrogen-bond acceptors (Lipinski definition) is 6. The molecule has 1 atom stereocenters. The topological polar surface area (TPSA) is 73.2 Å². The van der Waals surface area contributed by atoms with Gasteiger partial charge in [-0.2, -0.15) is 0 Å². The molecule has 1 N–H and O–H groups in total. The number of benzene rings is 1. The van der Waals surface area contributed by atoms with Crippen LogP contribution in [0.4, 0.5) is 0 Å². The minimum absolute atomic E-state index is 0. The third-order valence-electron chi connectivity index (χ3n) is 3.88. The van der Waals surface area contributed by atoms with Crippen LogP contribution in [0, 0.1) is 0 Å². The van der Waals surface area contributed by atoms with E-state index in [1.807, 2.05) is 31.1 Å². The fourth-order valence-electron chi connectivity index (χ4n) is 2.52. The molecule has 1 amide bonds. The summed E-state index contributed by atoms with van der Waals surface area (Å²) < 4.78 is 21.3. The van der Waals surface area contributed by atoms with Crippen molar-refractivity contribution in [1.29, 1.82) is 0 Å². The third kappa shape index (κ3) is 4.83. The smallest absolute Gasteiger partial charge is 0.251 e. The molecule has 0 radical (unpaired) electrons. The Morgan fingerprint density at radius 2 is 1.77 bits per heavy atom. The van der Waals surface area contributed by atoms with Gasteiger partial charge in [-0.05, 0) is 38.4 Å². The molecule has 0 saturated heterocycles. The van der Waals surface area contributed by atoms with E-state index in [9.17, 15) is 4.79 Å². The van der Waals surface area contributed by atoms with Crippen LogP contribution in [0.25, 0.3) is 0 Å². The average Bonchev–Trinajstić information content (AvgIpc) is 3.14. The molecule has 26 heavy (non-hydrogen) atoms. The number of nitrogens with zero attached hydrogens (tertiary/aromatic N) is 1. The van der Waals surface area contributed by atoms with E-state index in [4.69, 9.17) is 18.6 Å². The molecule has 1 heterocycles. The molecule has 8 heteroatoms. The summed E-state index contributed by atoms with van der Waals surface area (Å²) in [7, 11) is 8.40. The van der Waals surface area contributed by atoms with Crippen LogP contribution in [0.5, 0.6) is 17.2 Å². The molecule has 0 aliphatic carbocycles. The monoisotopic (exact) mass is 384 g/mol. The van der Waals surface area contributed by atoms with Crippen LogP contribution in [-0.4, -0.2) is 52.8 Å². The number of rotatable bonds is 8. The third-order valence-corrected chi connectivity index (χ3v) is 3.88. The van der Waals surface area contributed by atoms with Crippen LogP contribution >= 0.6 is 12.4 Å². The van der Waals surface area contributed by atoms with E-state index in [-0.39, 0.29) is 24.4 Å². The first kappa shape index (κ1) is 21.7. The van der Waals surface area contributed by atoms with E-state index in [1.54, 1.807) is 18.4 Å². The van der Waals surface area contributed by atoms with Crippen molar-refractivity contribution >= 4 is 18.3 Å². The van der Waals surface area contributed by atoms with Gasteiger partial charge in [0, 0.05) is 12.1 Å². The van der Waals surface area contributed by atoms with Crippen molar-refractivity contribution in [1.82, 2.24) is 10.2 Å². The van der Waals surface area contributed by atoms with Gasteiger partial charge in [-0.25, -0.2) is 0 Å². The summed E-state index contributed by atoms with van der Waals surface area (Å²) in [5.41, 5.74) is 0.423. The first-order valence-corrected chi connectivity index (χ1v) is 7.79. The standard InChI is InChI=1S/C18H24N2O5.ClH/c1-20(2)13(14-7-6-8-25-14)11-19-18(21)12-9-15(22-3)17(24-5)16(10-12)23-4;/h6-10,13H,11H2,1-5H3,(H,19,21);1H. The first-order valence-electron chi connectivity index (χ1n) is 7.79. The molecule has 0 spiro atoms. The van der Waals surface area contributed by atoms with Gasteiger partial charge in [0.15, 0.2) is 11.5 Å². The molecule has 2 aromatic rings. The van der Waals surface area contributed by atoms with Crippen molar-refractivity contribution in [3.05, 3.63) is 41.9 Å². The minimum atomic E-state index is -0.238.